The molecule has 7 heteroatoms. The largest absolute Gasteiger partial charge is 0.274 e. The Labute approximate surface area is 152 Å². The second-order valence-corrected chi connectivity index (χ2v) is 9.39. The van der Waals surface area contributed by atoms with Crippen LogP contribution in [-0.4, -0.2) is 25.6 Å². The number of aromatic nitrogens is 1. The van der Waals surface area contributed by atoms with Gasteiger partial charge in [0, 0.05) is 24.3 Å². The van der Waals surface area contributed by atoms with E-state index in [2.05, 4.69) is 4.98 Å². The van der Waals surface area contributed by atoms with Crippen LogP contribution in [0.4, 0.5) is 10.8 Å². The number of sulfone groups is 1. The van der Waals surface area contributed by atoms with Gasteiger partial charge in [0.1, 0.15) is 0 Å². The van der Waals surface area contributed by atoms with Crippen LogP contribution < -0.4 is 4.90 Å². The van der Waals surface area contributed by atoms with E-state index in [1.54, 1.807) is 23.2 Å². The number of carbonyl (C=O) groups excluding carboxylic acids is 1. The van der Waals surface area contributed by atoms with Crippen LogP contribution >= 0.6 is 11.3 Å². The maximum atomic E-state index is 12.9. The molecule has 134 valence electrons. The zero-order valence-corrected chi connectivity index (χ0v) is 15.9. The van der Waals surface area contributed by atoms with E-state index in [9.17, 15) is 13.2 Å². The molecule has 0 saturated heterocycles. The van der Waals surface area contributed by atoms with Crippen molar-refractivity contribution in [1.29, 1.82) is 0 Å². The first-order valence-electron chi connectivity index (χ1n) is 8.48. The van der Waals surface area contributed by atoms with Crippen molar-refractivity contribution in [2.45, 2.75) is 43.4 Å². The summed E-state index contributed by atoms with van der Waals surface area (Å²) in [4.78, 5) is 19.0. The fourth-order valence-electron chi connectivity index (χ4n) is 3.27. The summed E-state index contributed by atoms with van der Waals surface area (Å²) in [6, 6.07) is 6.42. The molecule has 2 aromatic rings. The average molecular weight is 379 g/mol. The summed E-state index contributed by atoms with van der Waals surface area (Å²) >= 11 is 1.40. The third-order valence-electron chi connectivity index (χ3n) is 4.62. The second kappa shape index (κ2) is 7.66. The highest BCUT2D eigenvalue weighted by Crippen LogP contribution is 2.32. The summed E-state index contributed by atoms with van der Waals surface area (Å²) in [6.07, 6.45) is 9.20. The molecule has 25 heavy (non-hydrogen) atoms. The SMILES string of the molecule is CS(=O)(=O)c1ccc(N(C(=O)CCC2CCCC2)c2nccs2)cc1. The maximum Gasteiger partial charge on any atom is 0.233 e. The molecular weight excluding hydrogens is 356 g/mol. The van der Waals surface area contributed by atoms with E-state index < -0.39 is 9.84 Å². The first-order valence-corrected chi connectivity index (χ1v) is 11.2. The molecule has 1 saturated carbocycles. The number of thiazole rings is 1. The van der Waals surface area contributed by atoms with Gasteiger partial charge in [-0.3, -0.25) is 9.69 Å². The quantitative estimate of drug-likeness (QED) is 0.756. The number of benzene rings is 1. The third kappa shape index (κ3) is 4.46. The molecule has 1 fully saturated rings. The number of amides is 1. The summed E-state index contributed by atoms with van der Waals surface area (Å²) in [7, 11) is -3.26. The van der Waals surface area contributed by atoms with Gasteiger partial charge in [0.05, 0.1) is 10.6 Å². The van der Waals surface area contributed by atoms with Crippen LogP contribution in [0, 0.1) is 5.92 Å². The summed E-state index contributed by atoms with van der Waals surface area (Å²) in [5.74, 6) is 0.656. The van der Waals surface area contributed by atoms with E-state index in [1.165, 1.54) is 55.4 Å². The van der Waals surface area contributed by atoms with Crippen LogP contribution in [-0.2, 0) is 14.6 Å². The number of anilines is 2. The first kappa shape index (κ1) is 18.1. The number of hydrogen-bond acceptors (Lipinski definition) is 5. The molecule has 0 spiro atoms. The van der Waals surface area contributed by atoms with E-state index >= 15 is 0 Å². The van der Waals surface area contributed by atoms with Gasteiger partial charge in [-0.1, -0.05) is 25.7 Å². The first-order chi connectivity index (χ1) is 11.9. The van der Waals surface area contributed by atoms with Crippen LogP contribution in [0.15, 0.2) is 40.7 Å². The van der Waals surface area contributed by atoms with Gasteiger partial charge >= 0.3 is 0 Å². The van der Waals surface area contributed by atoms with Crippen LogP contribution in [0.1, 0.15) is 38.5 Å². The van der Waals surface area contributed by atoms with Crippen LogP contribution in [0.2, 0.25) is 0 Å². The van der Waals surface area contributed by atoms with Gasteiger partial charge in [0.25, 0.3) is 0 Å². The molecule has 1 heterocycles. The second-order valence-electron chi connectivity index (χ2n) is 6.50. The van der Waals surface area contributed by atoms with Crippen molar-refractivity contribution < 1.29 is 13.2 Å². The number of nitrogens with zero attached hydrogens (tertiary/aromatic N) is 2. The maximum absolute atomic E-state index is 12.9. The minimum absolute atomic E-state index is 0.00829. The number of rotatable bonds is 6. The lowest BCUT2D eigenvalue weighted by Crippen LogP contribution is -2.26. The minimum Gasteiger partial charge on any atom is -0.274 e. The molecule has 1 aromatic carbocycles. The van der Waals surface area contributed by atoms with E-state index in [0.29, 0.717) is 23.2 Å². The molecule has 0 atom stereocenters. The van der Waals surface area contributed by atoms with Gasteiger partial charge in [0.2, 0.25) is 5.91 Å². The zero-order valence-electron chi connectivity index (χ0n) is 14.2. The van der Waals surface area contributed by atoms with E-state index in [4.69, 9.17) is 0 Å². The monoisotopic (exact) mass is 378 g/mol. The Morgan fingerprint density at radius 2 is 1.92 bits per heavy atom. The Morgan fingerprint density at radius 3 is 2.48 bits per heavy atom. The molecule has 0 radical (unpaired) electrons. The van der Waals surface area contributed by atoms with Crippen molar-refractivity contribution in [2.24, 2.45) is 5.92 Å². The Kier molecular flexibility index (Phi) is 5.54. The molecular formula is C18H22N2O3S2. The van der Waals surface area contributed by atoms with Gasteiger partial charge in [0.15, 0.2) is 15.0 Å². The summed E-state index contributed by atoms with van der Waals surface area (Å²) < 4.78 is 23.3. The Morgan fingerprint density at radius 1 is 1.24 bits per heavy atom. The van der Waals surface area contributed by atoms with Gasteiger partial charge in [-0.05, 0) is 36.6 Å². The van der Waals surface area contributed by atoms with Crippen molar-refractivity contribution in [3.8, 4) is 0 Å². The van der Waals surface area contributed by atoms with Crippen LogP contribution in [0.3, 0.4) is 0 Å². The molecule has 0 bridgehead atoms. The lowest BCUT2D eigenvalue weighted by Gasteiger charge is -2.21. The number of carbonyl (C=O) groups is 1. The van der Waals surface area contributed by atoms with Crippen molar-refractivity contribution in [1.82, 2.24) is 4.98 Å². The smallest absolute Gasteiger partial charge is 0.233 e. The topological polar surface area (TPSA) is 67.3 Å². The molecule has 1 aliphatic rings. The summed E-state index contributed by atoms with van der Waals surface area (Å²) in [5.41, 5.74) is 0.652. The molecule has 0 unspecified atom stereocenters. The molecule has 0 aliphatic heterocycles. The molecule has 5 nitrogen and oxygen atoms in total. The van der Waals surface area contributed by atoms with Crippen molar-refractivity contribution in [2.75, 3.05) is 11.2 Å². The van der Waals surface area contributed by atoms with Crippen molar-refractivity contribution in [3.63, 3.8) is 0 Å². The minimum atomic E-state index is -3.26. The van der Waals surface area contributed by atoms with Crippen LogP contribution in [0.25, 0.3) is 0 Å². The average Bonchev–Trinajstić information content (AvgIpc) is 3.27. The normalized spacial score (nSPS) is 15.4. The van der Waals surface area contributed by atoms with Crippen molar-refractivity contribution >= 4 is 37.9 Å². The lowest BCUT2D eigenvalue weighted by molar-refractivity contribution is -0.118. The fourth-order valence-corrected chi connectivity index (χ4v) is 4.58. The van der Waals surface area contributed by atoms with Crippen LogP contribution in [0.5, 0.6) is 0 Å². The Hall–Kier alpha value is -1.73. The Balaban J connectivity index is 1.81. The molecule has 3 rings (SSSR count). The number of hydrogen-bond donors (Lipinski definition) is 0. The van der Waals surface area contributed by atoms with Crippen molar-refractivity contribution in [3.05, 3.63) is 35.8 Å². The highest BCUT2D eigenvalue weighted by atomic mass is 32.2. The summed E-state index contributed by atoms with van der Waals surface area (Å²) in [6.45, 7) is 0. The predicted octanol–water partition coefficient (Wildman–Crippen LogP) is 4.18. The van der Waals surface area contributed by atoms with Gasteiger partial charge < -0.3 is 0 Å². The van der Waals surface area contributed by atoms with E-state index in [1.807, 2.05) is 5.38 Å². The molecule has 1 aliphatic carbocycles. The van der Waals surface area contributed by atoms with Gasteiger partial charge in [-0.2, -0.15) is 0 Å². The highest BCUT2D eigenvalue weighted by Gasteiger charge is 2.23. The molecule has 1 amide bonds. The lowest BCUT2D eigenvalue weighted by atomic mass is 10.0. The Bertz CT molecular complexity index is 809. The molecule has 1 aromatic heterocycles. The standard InChI is InChI=1S/C18H22N2O3S2/c1-25(22,23)16-9-7-15(8-10-16)20(18-19-12-13-24-18)17(21)11-6-14-4-2-3-5-14/h7-10,12-14H,2-6,11H2,1H3. The van der Waals surface area contributed by atoms with Gasteiger partial charge in [-0.25, -0.2) is 13.4 Å². The zero-order chi connectivity index (χ0) is 17.9. The fraction of sp³-hybridized carbons (Fsp3) is 0.444. The molecule has 0 N–H and O–H groups in total. The highest BCUT2D eigenvalue weighted by molar-refractivity contribution is 7.90. The third-order valence-corrected chi connectivity index (χ3v) is 6.51. The van der Waals surface area contributed by atoms with Gasteiger partial charge in [-0.15, -0.1) is 11.3 Å². The van der Waals surface area contributed by atoms with E-state index in [-0.39, 0.29) is 10.8 Å². The predicted molar refractivity (Wildman–Crippen MR) is 100 cm³/mol. The van der Waals surface area contributed by atoms with E-state index in [0.717, 1.165) is 6.42 Å². The summed E-state index contributed by atoms with van der Waals surface area (Å²) in [5, 5.41) is 2.45.